The van der Waals surface area contributed by atoms with E-state index in [1.807, 2.05) is 6.92 Å². The van der Waals surface area contributed by atoms with Crippen LogP contribution in [0.3, 0.4) is 0 Å². The molecule has 0 spiro atoms. The molecule has 0 saturated carbocycles. The normalized spacial score (nSPS) is 14.2. The summed E-state index contributed by atoms with van der Waals surface area (Å²) < 4.78 is 5.92. The van der Waals surface area contributed by atoms with Crippen LogP contribution in [-0.2, 0) is 6.42 Å². The average Bonchev–Trinajstić information content (AvgIpc) is 3.12. The van der Waals surface area contributed by atoms with E-state index >= 15 is 0 Å². The topological polar surface area (TPSA) is 83.7 Å². The van der Waals surface area contributed by atoms with Crippen LogP contribution in [0.15, 0.2) is 45.9 Å². The number of carbonyl (C=O) groups excluding carboxylic acids is 2. The van der Waals surface area contributed by atoms with Crippen LogP contribution < -0.4 is 10.7 Å². The number of nitrogens with one attached hydrogen (secondary N) is 2. The van der Waals surface area contributed by atoms with Gasteiger partial charge in [0.25, 0.3) is 11.8 Å². The molecular formula is C24H20Cl3N3O3. The van der Waals surface area contributed by atoms with Crippen LogP contribution in [0, 0.1) is 13.8 Å². The number of rotatable bonds is 4. The third-order valence-electron chi connectivity index (χ3n) is 5.52. The number of hydrogen-bond donors (Lipinski definition) is 2. The van der Waals surface area contributed by atoms with Gasteiger partial charge in [-0.25, -0.2) is 5.43 Å². The van der Waals surface area contributed by atoms with Crippen LogP contribution in [0.1, 0.15) is 56.2 Å². The molecule has 4 rings (SSSR count). The van der Waals surface area contributed by atoms with Gasteiger partial charge in [0, 0.05) is 33.3 Å². The van der Waals surface area contributed by atoms with Crippen molar-refractivity contribution in [2.45, 2.75) is 33.1 Å². The summed E-state index contributed by atoms with van der Waals surface area (Å²) in [5, 5.41) is 8.42. The summed E-state index contributed by atoms with van der Waals surface area (Å²) in [7, 11) is 0. The van der Waals surface area contributed by atoms with Crippen molar-refractivity contribution >= 4 is 58.0 Å². The van der Waals surface area contributed by atoms with Crippen molar-refractivity contribution in [1.82, 2.24) is 5.43 Å². The number of hydrogen-bond acceptors (Lipinski definition) is 4. The molecule has 6 nitrogen and oxygen atoms in total. The zero-order chi connectivity index (χ0) is 23.7. The molecule has 0 unspecified atom stereocenters. The predicted octanol–water partition coefficient (Wildman–Crippen LogP) is 6.58. The number of halogens is 3. The molecule has 0 atom stereocenters. The van der Waals surface area contributed by atoms with Crippen molar-refractivity contribution in [2.24, 2.45) is 5.10 Å². The first kappa shape index (κ1) is 23.4. The Morgan fingerprint density at radius 1 is 0.970 bits per heavy atom. The minimum Gasteiger partial charge on any atom is -0.455 e. The van der Waals surface area contributed by atoms with Crippen LogP contribution in [0.2, 0.25) is 15.1 Å². The maximum absolute atomic E-state index is 13.0. The highest BCUT2D eigenvalue weighted by Crippen LogP contribution is 2.31. The van der Waals surface area contributed by atoms with E-state index in [1.165, 1.54) is 12.1 Å². The SMILES string of the molecule is Cc1c(Cl)cccc1NC(=O)c1oc2c(c1C)/C(=N/NC(=O)c1ccc(Cl)cc1Cl)CCC2. The molecule has 1 heterocycles. The molecule has 1 aliphatic carbocycles. The summed E-state index contributed by atoms with van der Waals surface area (Å²) in [5.74, 6) is 0.0562. The Hall–Kier alpha value is -2.80. The van der Waals surface area contributed by atoms with Crippen molar-refractivity contribution in [3.05, 3.63) is 85.2 Å². The van der Waals surface area contributed by atoms with Crippen molar-refractivity contribution in [2.75, 3.05) is 5.32 Å². The molecular weight excluding hydrogens is 485 g/mol. The van der Waals surface area contributed by atoms with Crippen molar-refractivity contribution < 1.29 is 14.0 Å². The van der Waals surface area contributed by atoms with E-state index in [0.29, 0.717) is 45.6 Å². The van der Waals surface area contributed by atoms with Gasteiger partial charge in [0.2, 0.25) is 0 Å². The summed E-state index contributed by atoms with van der Waals surface area (Å²) in [6, 6.07) is 9.93. The molecule has 1 aliphatic rings. The van der Waals surface area contributed by atoms with Crippen LogP contribution in [0.4, 0.5) is 5.69 Å². The molecule has 0 aliphatic heterocycles. The van der Waals surface area contributed by atoms with Crippen LogP contribution in [-0.4, -0.2) is 17.5 Å². The van der Waals surface area contributed by atoms with E-state index < -0.39 is 5.91 Å². The monoisotopic (exact) mass is 503 g/mol. The molecule has 2 N–H and O–H groups in total. The van der Waals surface area contributed by atoms with Gasteiger partial charge in [-0.1, -0.05) is 40.9 Å². The Balaban J connectivity index is 1.59. The molecule has 33 heavy (non-hydrogen) atoms. The van der Waals surface area contributed by atoms with Gasteiger partial charge in [-0.2, -0.15) is 5.10 Å². The van der Waals surface area contributed by atoms with Crippen molar-refractivity contribution in [3.8, 4) is 0 Å². The molecule has 2 amide bonds. The number of benzene rings is 2. The smallest absolute Gasteiger partial charge is 0.291 e. The maximum Gasteiger partial charge on any atom is 0.291 e. The van der Waals surface area contributed by atoms with Gasteiger partial charge in [-0.15, -0.1) is 0 Å². The molecule has 0 fully saturated rings. The second-order valence-corrected chi connectivity index (χ2v) is 8.95. The highest BCUT2D eigenvalue weighted by atomic mass is 35.5. The van der Waals surface area contributed by atoms with Crippen molar-refractivity contribution in [1.29, 1.82) is 0 Å². The molecule has 9 heteroatoms. The Bertz CT molecular complexity index is 1300. The number of fused-ring (bicyclic) bond motifs is 1. The first-order valence-corrected chi connectivity index (χ1v) is 11.4. The summed E-state index contributed by atoms with van der Waals surface area (Å²) in [4.78, 5) is 25.5. The molecule has 0 bridgehead atoms. The Kier molecular flexibility index (Phi) is 6.79. The van der Waals surface area contributed by atoms with Gasteiger partial charge in [-0.3, -0.25) is 9.59 Å². The number of carbonyl (C=O) groups is 2. The van der Waals surface area contributed by atoms with Gasteiger partial charge in [-0.05, 0) is 62.6 Å². The fourth-order valence-corrected chi connectivity index (χ4v) is 4.44. The predicted molar refractivity (Wildman–Crippen MR) is 131 cm³/mol. The highest BCUT2D eigenvalue weighted by molar-refractivity contribution is 6.36. The summed E-state index contributed by atoms with van der Waals surface area (Å²) in [6.45, 7) is 3.64. The van der Waals surface area contributed by atoms with Crippen molar-refractivity contribution in [3.63, 3.8) is 0 Å². The molecule has 170 valence electrons. The van der Waals surface area contributed by atoms with Gasteiger partial charge in [0.15, 0.2) is 5.76 Å². The second kappa shape index (κ2) is 9.59. The number of amides is 2. The third-order valence-corrected chi connectivity index (χ3v) is 6.47. The Morgan fingerprint density at radius 2 is 1.76 bits per heavy atom. The zero-order valence-corrected chi connectivity index (χ0v) is 20.2. The van der Waals surface area contributed by atoms with E-state index in [1.54, 1.807) is 31.2 Å². The summed E-state index contributed by atoms with van der Waals surface area (Å²) in [6.07, 6.45) is 2.09. The van der Waals surface area contributed by atoms with Crippen LogP contribution in [0.25, 0.3) is 0 Å². The van der Waals surface area contributed by atoms with Crippen LogP contribution in [0.5, 0.6) is 0 Å². The lowest BCUT2D eigenvalue weighted by atomic mass is 9.93. The van der Waals surface area contributed by atoms with Gasteiger partial charge in [0.1, 0.15) is 5.76 Å². The zero-order valence-electron chi connectivity index (χ0n) is 17.9. The largest absolute Gasteiger partial charge is 0.455 e. The second-order valence-electron chi connectivity index (χ2n) is 7.70. The van der Waals surface area contributed by atoms with Gasteiger partial charge >= 0.3 is 0 Å². The lowest BCUT2D eigenvalue weighted by Crippen LogP contribution is -2.22. The maximum atomic E-state index is 13.0. The highest BCUT2D eigenvalue weighted by Gasteiger charge is 2.28. The lowest BCUT2D eigenvalue weighted by Gasteiger charge is -2.13. The minimum absolute atomic E-state index is 0.209. The minimum atomic E-state index is -0.452. The first-order chi connectivity index (χ1) is 15.8. The standard InChI is InChI=1S/C24H20Cl3N3O3/c1-12-16(26)5-3-6-18(12)28-24(32)22-13(2)21-19(7-4-8-20(21)33-22)29-30-23(31)15-10-9-14(25)11-17(15)27/h3,5-6,9-11H,4,7-8H2,1-2H3,(H,28,32)(H,30,31)/b29-19+. The van der Waals surface area contributed by atoms with E-state index in [4.69, 9.17) is 39.2 Å². The number of aryl methyl sites for hydroxylation is 1. The quantitative estimate of drug-likeness (QED) is 0.394. The third kappa shape index (κ3) is 4.78. The van der Waals surface area contributed by atoms with Gasteiger partial charge in [0.05, 0.1) is 16.3 Å². The fourth-order valence-electron chi connectivity index (χ4n) is 3.77. The number of anilines is 1. The van der Waals surface area contributed by atoms with E-state index in [2.05, 4.69) is 15.8 Å². The number of furan rings is 1. The Labute approximate surface area is 205 Å². The van der Waals surface area contributed by atoms with E-state index in [0.717, 1.165) is 17.5 Å². The molecule has 2 aromatic carbocycles. The van der Waals surface area contributed by atoms with Gasteiger partial charge < -0.3 is 9.73 Å². The first-order valence-electron chi connectivity index (χ1n) is 10.3. The number of nitrogens with zero attached hydrogens (tertiary/aromatic N) is 1. The van der Waals surface area contributed by atoms with E-state index in [-0.39, 0.29) is 22.3 Å². The summed E-state index contributed by atoms with van der Waals surface area (Å²) >= 11 is 18.2. The number of hydrazone groups is 1. The molecule has 3 aromatic rings. The molecule has 0 saturated heterocycles. The average molecular weight is 505 g/mol. The van der Waals surface area contributed by atoms with Crippen LogP contribution >= 0.6 is 34.8 Å². The molecule has 0 radical (unpaired) electrons. The van der Waals surface area contributed by atoms with E-state index in [9.17, 15) is 9.59 Å². The lowest BCUT2D eigenvalue weighted by molar-refractivity contribution is 0.0953. The Morgan fingerprint density at radius 3 is 2.52 bits per heavy atom. The molecule has 1 aromatic heterocycles. The summed E-state index contributed by atoms with van der Waals surface area (Å²) in [5.41, 5.74) is 6.26. The fraction of sp³-hybridized carbons (Fsp3) is 0.208.